The topological polar surface area (TPSA) is 67.4 Å². The summed E-state index contributed by atoms with van der Waals surface area (Å²) in [6.07, 6.45) is 6.88. The lowest BCUT2D eigenvalue weighted by molar-refractivity contribution is -0.141. The van der Waals surface area contributed by atoms with Crippen LogP contribution in [0, 0.1) is 0 Å². The Morgan fingerprint density at radius 1 is 1.30 bits per heavy atom. The SMILES string of the molecule is COc1ccc(CCCC(=O)N2CCC3(CC2)OCCc2cn[nH]c23)cc1. The number of nitrogens with zero attached hydrogens (tertiary/aromatic N) is 2. The minimum absolute atomic E-state index is 0.249. The zero-order valence-electron chi connectivity index (χ0n) is 15.9. The highest BCUT2D eigenvalue weighted by molar-refractivity contribution is 5.76. The lowest BCUT2D eigenvalue weighted by Crippen LogP contribution is -2.48. The summed E-state index contributed by atoms with van der Waals surface area (Å²) in [5.74, 6) is 1.11. The maximum Gasteiger partial charge on any atom is 0.222 e. The van der Waals surface area contributed by atoms with E-state index in [0.29, 0.717) is 6.42 Å². The molecule has 0 bridgehead atoms. The number of nitrogens with one attached hydrogen (secondary N) is 1. The van der Waals surface area contributed by atoms with E-state index in [2.05, 4.69) is 22.3 Å². The molecule has 1 N–H and O–H groups in total. The Balaban J connectivity index is 1.27. The van der Waals surface area contributed by atoms with Crippen LogP contribution in [0.1, 0.15) is 42.5 Å². The Labute approximate surface area is 159 Å². The van der Waals surface area contributed by atoms with Gasteiger partial charge in [0.25, 0.3) is 0 Å². The Kier molecular flexibility index (Phi) is 5.16. The van der Waals surface area contributed by atoms with E-state index in [4.69, 9.17) is 9.47 Å². The molecule has 1 amide bonds. The summed E-state index contributed by atoms with van der Waals surface area (Å²) in [4.78, 5) is 14.6. The number of aromatic amines is 1. The highest BCUT2D eigenvalue weighted by Gasteiger charge is 2.42. The summed E-state index contributed by atoms with van der Waals surface area (Å²) >= 11 is 0. The van der Waals surface area contributed by atoms with Gasteiger partial charge >= 0.3 is 0 Å². The maximum atomic E-state index is 12.6. The van der Waals surface area contributed by atoms with Crippen molar-refractivity contribution in [2.24, 2.45) is 0 Å². The lowest BCUT2D eigenvalue weighted by Gasteiger charge is -2.43. The van der Waals surface area contributed by atoms with Crippen molar-refractivity contribution in [2.75, 3.05) is 26.8 Å². The second-order valence-corrected chi connectivity index (χ2v) is 7.45. The highest BCUT2D eigenvalue weighted by atomic mass is 16.5. The molecule has 1 aromatic carbocycles. The van der Waals surface area contributed by atoms with Crippen LogP contribution in [0.3, 0.4) is 0 Å². The summed E-state index contributed by atoms with van der Waals surface area (Å²) < 4.78 is 11.3. The Morgan fingerprint density at radius 3 is 2.81 bits per heavy atom. The normalized spacial score (nSPS) is 18.3. The van der Waals surface area contributed by atoms with Crippen molar-refractivity contribution in [1.29, 1.82) is 0 Å². The smallest absolute Gasteiger partial charge is 0.222 e. The Bertz CT molecular complexity index is 776. The molecule has 0 radical (unpaired) electrons. The molecule has 1 spiro atoms. The van der Waals surface area contributed by atoms with Crippen molar-refractivity contribution in [3.05, 3.63) is 47.3 Å². The standard InChI is InChI=1S/C21H27N3O3/c1-26-18-7-5-16(6-8-18)3-2-4-19(25)24-12-10-21(11-13-24)20-17(9-14-27-21)15-22-23-20/h5-8,15H,2-4,9-14H2,1H3,(H,22,23). The van der Waals surface area contributed by atoms with Crippen LogP contribution in [-0.2, 0) is 28.0 Å². The number of likely N-dealkylation sites (tertiary alicyclic amines) is 1. The van der Waals surface area contributed by atoms with Crippen LogP contribution in [0.2, 0.25) is 0 Å². The molecule has 6 heteroatoms. The summed E-state index contributed by atoms with van der Waals surface area (Å²) in [5, 5.41) is 7.33. The number of benzene rings is 1. The molecule has 144 valence electrons. The minimum Gasteiger partial charge on any atom is -0.497 e. The molecule has 0 atom stereocenters. The summed E-state index contributed by atoms with van der Waals surface area (Å²) in [5.41, 5.74) is 3.36. The van der Waals surface area contributed by atoms with Gasteiger partial charge in [-0.2, -0.15) is 5.10 Å². The van der Waals surface area contributed by atoms with E-state index in [9.17, 15) is 4.79 Å². The number of ether oxygens (including phenoxy) is 2. The second-order valence-electron chi connectivity index (χ2n) is 7.45. The average molecular weight is 369 g/mol. The van der Waals surface area contributed by atoms with Gasteiger partial charge in [-0.3, -0.25) is 9.89 Å². The summed E-state index contributed by atoms with van der Waals surface area (Å²) in [7, 11) is 1.67. The number of H-pyrrole nitrogens is 1. The van der Waals surface area contributed by atoms with Gasteiger partial charge in [-0.1, -0.05) is 12.1 Å². The fourth-order valence-corrected chi connectivity index (χ4v) is 4.23. The third-order valence-electron chi connectivity index (χ3n) is 5.86. The maximum absolute atomic E-state index is 12.6. The van der Waals surface area contributed by atoms with E-state index in [1.165, 1.54) is 11.1 Å². The third-order valence-corrected chi connectivity index (χ3v) is 5.86. The number of rotatable bonds is 5. The monoisotopic (exact) mass is 369 g/mol. The predicted molar refractivity (Wildman–Crippen MR) is 102 cm³/mol. The number of amides is 1. The summed E-state index contributed by atoms with van der Waals surface area (Å²) in [6.45, 7) is 2.24. The molecule has 1 saturated heterocycles. The molecule has 2 aliphatic heterocycles. The number of methoxy groups -OCH3 is 1. The van der Waals surface area contributed by atoms with Gasteiger partial charge < -0.3 is 14.4 Å². The molecule has 1 fully saturated rings. The number of carbonyl (C=O) groups is 1. The molecular formula is C21H27N3O3. The van der Waals surface area contributed by atoms with Crippen LogP contribution < -0.4 is 4.74 Å². The Morgan fingerprint density at radius 2 is 2.07 bits per heavy atom. The van der Waals surface area contributed by atoms with Crippen molar-refractivity contribution >= 4 is 5.91 Å². The van der Waals surface area contributed by atoms with Gasteiger partial charge in [-0.25, -0.2) is 0 Å². The first-order valence-corrected chi connectivity index (χ1v) is 9.77. The molecule has 0 aliphatic carbocycles. The van der Waals surface area contributed by atoms with Gasteiger partial charge in [0.05, 0.1) is 25.6 Å². The van der Waals surface area contributed by atoms with Crippen LogP contribution in [0.5, 0.6) is 5.75 Å². The van der Waals surface area contributed by atoms with Gasteiger partial charge in [-0.05, 0) is 55.4 Å². The Hall–Kier alpha value is -2.34. The molecule has 3 heterocycles. The van der Waals surface area contributed by atoms with Crippen LogP contribution >= 0.6 is 0 Å². The number of aryl methyl sites for hydroxylation is 1. The predicted octanol–water partition coefficient (Wildman–Crippen LogP) is 2.83. The van der Waals surface area contributed by atoms with Crippen molar-refractivity contribution in [3.8, 4) is 5.75 Å². The van der Waals surface area contributed by atoms with Gasteiger partial charge in [-0.15, -0.1) is 0 Å². The number of fused-ring (bicyclic) bond motifs is 2. The molecule has 2 aromatic rings. The van der Waals surface area contributed by atoms with Gasteiger partial charge in [0.15, 0.2) is 0 Å². The number of carbonyl (C=O) groups excluding carboxylic acids is 1. The van der Waals surface area contributed by atoms with E-state index in [0.717, 1.165) is 63.2 Å². The molecule has 0 unspecified atom stereocenters. The second kappa shape index (κ2) is 7.72. The first-order chi connectivity index (χ1) is 13.2. The van der Waals surface area contributed by atoms with E-state index in [1.54, 1.807) is 7.11 Å². The van der Waals surface area contributed by atoms with E-state index < -0.39 is 0 Å². The van der Waals surface area contributed by atoms with Gasteiger partial charge in [0.2, 0.25) is 5.91 Å². The zero-order valence-corrected chi connectivity index (χ0v) is 15.9. The lowest BCUT2D eigenvalue weighted by atomic mass is 9.83. The quantitative estimate of drug-likeness (QED) is 0.880. The molecule has 0 saturated carbocycles. The molecule has 6 nitrogen and oxygen atoms in total. The number of hydrogen-bond acceptors (Lipinski definition) is 4. The van der Waals surface area contributed by atoms with E-state index in [1.807, 2.05) is 23.2 Å². The fourth-order valence-electron chi connectivity index (χ4n) is 4.23. The first-order valence-electron chi connectivity index (χ1n) is 9.77. The van der Waals surface area contributed by atoms with Crippen LogP contribution in [-0.4, -0.2) is 47.8 Å². The molecule has 4 rings (SSSR count). The largest absolute Gasteiger partial charge is 0.497 e. The molecule has 1 aromatic heterocycles. The number of piperidine rings is 1. The van der Waals surface area contributed by atoms with Crippen LogP contribution in [0.25, 0.3) is 0 Å². The molecule has 27 heavy (non-hydrogen) atoms. The fraction of sp³-hybridized carbons (Fsp3) is 0.524. The highest BCUT2D eigenvalue weighted by Crippen LogP contribution is 2.40. The van der Waals surface area contributed by atoms with Crippen LogP contribution in [0.4, 0.5) is 0 Å². The van der Waals surface area contributed by atoms with E-state index in [-0.39, 0.29) is 11.5 Å². The van der Waals surface area contributed by atoms with Crippen LogP contribution in [0.15, 0.2) is 30.5 Å². The number of aromatic nitrogens is 2. The van der Waals surface area contributed by atoms with Gasteiger partial charge in [0.1, 0.15) is 11.4 Å². The third kappa shape index (κ3) is 3.72. The zero-order chi connectivity index (χ0) is 18.7. The minimum atomic E-state index is -0.274. The van der Waals surface area contributed by atoms with Crippen molar-refractivity contribution in [3.63, 3.8) is 0 Å². The first kappa shape index (κ1) is 18.0. The van der Waals surface area contributed by atoms with E-state index >= 15 is 0 Å². The average Bonchev–Trinajstić information content (AvgIpc) is 3.20. The van der Waals surface area contributed by atoms with Crippen molar-refractivity contribution in [2.45, 2.75) is 44.1 Å². The molecule has 2 aliphatic rings. The summed E-state index contributed by atoms with van der Waals surface area (Å²) in [6, 6.07) is 8.07. The van der Waals surface area contributed by atoms with Gasteiger partial charge in [0, 0.05) is 19.5 Å². The van der Waals surface area contributed by atoms with Crippen molar-refractivity contribution < 1.29 is 14.3 Å². The molecular weight excluding hydrogens is 342 g/mol. The van der Waals surface area contributed by atoms with Crippen molar-refractivity contribution in [1.82, 2.24) is 15.1 Å². The number of hydrogen-bond donors (Lipinski definition) is 1.